The van der Waals surface area contributed by atoms with Crippen molar-refractivity contribution in [2.24, 2.45) is 23.3 Å². The first-order valence-corrected chi connectivity index (χ1v) is 4.53. The number of rotatable bonds is 5. The molecule has 0 radical (unpaired) electrons. The van der Waals surface area contributed by atoms with Crippen LogP contribution in [0.25, 0.3) is 0 Å². The maximum Gasteiger partial charge on any atom is 0.00534 e. The van der Waals surface area contributed by atoms with Gasteiger partial charge >= 0.3 is 0 Å². The highest BCUT2D eigenvalue weighted by atomic mass is 14.7. The minimum absolute atomic E-state index is 0.303. The Balaban J connectivity index is 3.48. The highest BCUT2D eigenvalue weighted by Gasteiger charge is 2.11. The van der Waals surface area contributed by atoms with E-state index >= 15 is 0 Å². The van der Waals surface area contributed by atoms with E-state index in [4.69, 9.17) is 11.5 Å². The Morgan fingerprint density at radius 3 is 2.09 bits per heavy atom. The van der Waals surface area contributed by atoms with Gasteiger partial charge in [0.15, 0.2) is 0 Å². The molecule has 11 heavy (non-hydrogen) atoms. The molecule has 0 saturated carbocycles. The van der Waals surface area contributed by atoms with Gasteiger partial charge in [-0.1, -0.05) is 20.8 Å². The molecule has 68 valence electrons. The standard InChI is InChI=1S/C9H22N2/c1-7(2)8(3)6-9(11)4-5-10/h7-9H,4-6,10-11H2,1-3H3/t8?,9-/m1/s1. The zero-order valence-electron chi connectivity index (χ0n) is 8.01. The molecule has 0 spiro atoms. The molecule has 0 amide bonds. The van der Waals surface area contributed by atoms with Crippen LogP contribution in [0, 0.1) is 11.8 Å². The van der Waals surface area contributed by atoms with E-state index in [9.17, 15) is 0 Å². The van der Waals surface area contributed by atoms with Crippen LogP contribution in [0.2, 0.25) is 0 Å². The van der Waals surface area contributed by atoms with E-state index in [0.717, 1.165) is 24.7 Å². The molecule has 0 rings (SSSR count). The van der Waals surface area contributed by atoms with Crippen molar-refractivity contribution in [3.05, 3.63) is 0 Å². The van der Waals surface area contributed by atoms with Gasteiger partial charge in [0.1, 0.15) is 0 Å². The largest absolute Gasteiger partial charge is 0.330 e. The summed E-state index contributed by atoms with van der Waals surface area (Å²) in [5.74, 6) is 1.45. The third kappa shape index (κ3) is 5.22. The number of hydrogen-bond donors (Lipinski definition) is 2. The molecular formula is C9H22N2. The van der Waals surface area contributed by atoms with Gasteiger partial charge in [0.2, 0.25) is 0 Å². The summed E-state index contributed by atoms with van der Waals surface area (Å²) < 4.78 is 0. The first-order chi connectivity index (χ1) is 5.07. The Morgan fingerprint density at radius 1 is 1.18 bits per heavy atom. The first-order valence-electron chi connectivity index (χ1n) is 4.53. The second kappa shape index (κ2) is 5.56. The SMILES string of the molecule is CC(C)C(C)C[C@H](N)CCN. The monoisotopic (exact) mass is 158 g/mol. The first kappa shape index (κ1) is 10.9. The molecule has 0 aliphatic heterocycles. The highest BCUT2D eigenvalue weighted by Crippen LogP contribution is 2.15. The summed E-state index contributed by atoms with van der Waals surface area (Å²) in [4.78, 5) is 0. The molecule has 2 atom stereocenters. The van der Waals surface area contributed by atoms with Gasteiger partial charge in [-0.15, -0.1) is 0 Å². The lowest BCUT2D eigenvalue weighted by atomic mass is 9.90. The lowest BCUT2D eigenvalue weighted by Gasteiger charge is -2.19. The summed E-state index contributed by atoms with van der Waals surface area (Å²) >= 11 is 0. The van der Waals surface area contributed by atoms with Crippen LogP contribution < -0.4 is 11.5 Å². The van der Waals surface area contributed by atoms with E-state index in [1.54, 1.807) is 0 Å². The minimum atomic E-state index is 0.303. The van der Waals surface area contributed by atoms with E-state index in [2.05, 4.69) is 20.8 Å². The van der Waals surface area contributed by atoms with Gasteiger partial charge in [0, 0.05) is 6.04 Å². The lowest BCUT2D eigenvalue weighted by molar-refractivity contribution is 0.354. The van der Waals surface area contributed by atoms with E-state index in [1.807, 2.05) is 0 Å². The summed E-state index contributed by atoms with van der Waals surface area (Å²) in [6.07, 6.45) is 2.06. The van der Waals surface area contributed by atoms with Crippen LogP contribution in [0.15, 0.2) is 0 Å². The van der Waals surface area contributed by atoms with Crippen molar-refractivity contribution in [1.29, 1.82) is 0 Å². The summed E-state index contributed by atoms with van der Waals surface area (Å²) in [6.45, 7) is 7.44. The fourth-order valence-corrected chi connectivity index (χ4v) is 1.08. The van der Waals surface area contributed by atoms with Crippen molar-refractivity contribution < 1.29 is 0 Å². The van der Waals surface area contributed by atoms with Crippen LogP contribution >= 0.6 is 0 Å². The van der Waals surface area contributed by atoms with Crippen molar-refractivity contribution in [1.82, 2.24) is 0 Å². The molecule has 0 heterocycles. The quantitative estimate of drug-likeness (QED) is 0.634. The number of nitrogens with two attached hydrogens (primary N) is 2. The molecule has 0 bridgehead atoms. The molecule has 0 saturated heterocycles. The molecule has 0 aliphatic carbocycles. The van der Waals surface area contributed by atoms with Gasteiger partial charge in [-0.25, -0.2) is 0 Å². The summed E-state index contributed by atoms with van der Waals surface area (Å²) in [5.41, 5.74) is 11.2. The molecule has 0 aliphatic rings. The number of hydrogen-bond acceptors (Lipinski definition) is 2. The fraction of sp³-hybridized carbons (Fsp3) is 1.00. The molecule has 0 fully saturated rings. The van der Waals surface area contributed by atoms with E-state index in [0.29, 0.717) is 12.6 Å². The fourth-order valence-electron chi connectivity index (χ4n) is 1.08. The summed E-state index contributed by atoms with van der Waals surface area (Å²) in [5, 5.41) is 0. The summed E-state index contributed by atoms with van der Waals surface area (Å²) in [7, 11) is 0. The maximum absolute atomic E-state index is 5.84. The van der Waals surface area contributed by atoms with Crippen LogP contribution in [0.4, 0.5) is 0 Å². The second-order valence-corrected chi connectivity index (χ2v) is 3.79. The average molecular weight is 158 g/mol. The lowest BCUT2D eigenvalue weighted by Crippen LogP contribution is -2.27. The third-order valence-electron chi connectivity index (χ3n) is 2.35. The predicted molar refractivity (Wildman–Crippen MR) is 50.3 cm³/mol. The van der Waals surface area contributed by atoms with Gasteiger partial charge in [0.25, 0.3) is 0 Å². The van der Waals surface area contributed by atoms with Gasteiger partial charge < -0.3 is 11.5 Å². The Bertz CT molecular complexity index is 91.6. The van der Waals surface area contributed by atoms with Crippen molar-refractivity contribution in [2.75, 3.05) is 6.54 Å². The van der Waals surface area contributed by atoms with Crippen LogP contribution in [-0.2, 0) is 0 Å². The Kier molecular flexibility index (Phi) is 5.51. The smallest absolute Gasteiger partial charge is 0.00534 e. The zero-order chi connectivity index (χ0) is 8.85. The molecule has 0 aromatic heterocycles. The molecular weight excluding hydrogens is 136 g/mol. The predicted octanol–water partition coefficient (Wildman–Crippen LogP) is 1.34. The maximum atomic E-state index is 5.84. The Hall–Kier alpha value is -0.0800. The van der Waals surface area contributed by atoms with E-state index in [-0.39, 0.29) is 0 Å². The molecule has 2 nitrogen and oxygen atoms in total. The van der Waals surface area contributed by atoms with Crippen molar-refractivity contribution in [3.63, 3.8) is 0 Å². The second-order valence-electron chi connectivity index (χ2n) is 3.79. The average Bonchev–Trinajstić information content (AvgIpc) is 1.87. The third-order valence-corrected chi connectivity index (χ3v) is 2.35. The normalized spacial score (nSPS) is 16.9. The molecule has 4 N–H and O–H groups in total. The van der Waals surface area contributed by atoms with Crippen molar-refractivity contribution in [3.8, 4) is 0 Å². The molecule has 0 aromatic rings. The molecule has 1 unspecified atom stereocenters. The molecule has 0 aromatic carbocycles. The van der Waals surface area contributed by atoms with Crippen LogP contribution in [0.3, 0.4) is 0 Å². The minimum Gasteiger partial charge on any atom is -0.330 e. The topological polar surface area (TPSA) is 52.0 Å². The molecule has 2 heteroatoms. The highest BCUT2D eigenvalue weighted by molar-refractivity contribution is 4.67. The van der Waals surface area contributed by atoms with Crippen LogP contribution in [-0.4, -0.2) is 12.6 Å². The summed E-state index contributed by atoms with van der Waals surface area (Å²) in [6, 6.07) is 0.303. The zero-order valence-corrected chi connectivity index (χ0v) is 8.01. The van der Waals surface area contributed by atoms with Crippen molar-refractivity contribution in [2.45, 2.75) is 39.7 Å². The van der Waals surface area contributed by atoms with Crippen molar-refractivity contribution >= 4 is 0 Å². The van der Waals surface area contributed by atoms with Crippen LogP contribution in [0.5, 0.6) is 0 Å². The van der Waals surface area contributed by atoms with E-state index < -0.39 is 0 Å². The van der Waals surface area contributed by atoms with Gasteiger partial charge in [-0.3, -0.25) is 0 Å². The van der Waals surface area contributed by atoms with Gasteiger partial charge in [-0.2, -0.15) is 0 Å². The van der Waals surface area contributed by atoms with Crippen LogP contribution in [0.1, 0.15) is 33.6 Å². The Labute approximate surface area is 70.3 Å². The van der Waals surface area contributed by atoms with Gasteiger partial charge in [-0.05, 0) is 31.2 Å². The van der Waals surface area contributed by atoms with E-state index in [1.165, 1.54) is 0 Å². The Morgan fingerprint density at radius 2 is 1.73 bits per heavy atom. The van der Waals surface area contributed by atoms with Gasteiger partial charge in [0.05, 0.1) is 0 Å².